The summed E-state index contributed by atoms with van der Waals surface area (Å²) in [4.78, 5) is 9.77. The van der Waals surface area contributed by atoms with Crippen LogP contribution in [0.3, 0.4) is 0 Å². The number of ether oxygens (including phenoxy) is 1. The fourth-order valence-corrected chi connectivity index (χ4v) is 6.16. The van der Waals surface area contributed by atoms with Crippen molar-refractivity contribution >= 4 is 15.4 Å². The Kier molecular flexibility index (Phi) is 7.88. The third kappa shape index (κ3) is 6.48. The first-order chi connectivity index (χ1) is 16.7. The smallest absolute Gasteiger partial charge is 0.160 e. The lowest BCUT2D eigenvalue weighted by atomic mass is 9.96. The summed E-state index contributed by atoms with van der Waals surface area (Å²) in [5, 5.41) is 17.0. The van der Waals surface area contributed by atoms with Gasteiger partial charge in [0.1, 0.15) is 24.2 Å². The Morgan fingerprint density at radius 3 is 2.71 bits per heavy atom. The quantitative estimate of drug-likeness (QED) is 0.433. The minimum Gasteiger partial charge on any atom is -0.491 e. The van der Waals surface area contributed by atoms with Crippen LogP contribution in [-0.2, 0) is 15.9 Å². The molecule has 0 amide bonds. The molecule has 9 heteroatoms. The second-order valence-electron chi connectivity index (χ2n) is 9.34. The van der Waals surface area contributed by atoms with Gasteiger partial charge in [0, 0.05) is 29.3 Å². The topological polar surface area (TPSA) is 110 Å². The van der Waals surface area contributed by atoms with Gasteiger partial charge in [-0.3, -0.25) is 4.21 Å². The molecule has 0 aliphatic carbocycles. The molecule has 4 rings (SSSR count). The average Bonchev–Trinajstić information content (AvgIpc) is 3.17. The molecule has 1 atom stereocenters. The number of nitrogens with zero attached hydrogens (tertiary/aromatic N) is 3. The maximum Gasteiger partial charge on any atom is 0.160 e. The van der Waals surface area contributed by atoms with E-state index in [0.29, 0.717) is 41.3 Å². The fraction of sp³-hybridized carbons (Fsp3) is 0.462. The molecule has 0 bridgehead atoms. The highest BCUT2D eigenvalue weighted by Gasteiger charge is 2.22. The van der Waals surface area contributed by atoms with Crippen molar-refractivity contribution in [2.45, 2.75) is 39.2 Å². The lowest BCUT2D eigenvalue weighted by Gasteiger charge is -2.24. The number of rotatable bonds is 9. The van der Waals surface area contributed by atoms with Crippen molar-refractivity contribution in [2.75, 3.05) is 31.7 Å². The normalized spacial score (nSPS) is 21.1. The molecule has 188 valence electrons. The Balaban J connectivity index is 1.65. The molecule has 35 heavy (non-hydrogen) atoms. The summed E-state index contributed by atoms with van der Waals surface area (Å²) in [6, 6.07) is 9.60. The number of aryl methyl sites for hydroxylation is 2. The Morgan fingerprint density at radius 2 is 2.03 bits per heavy atom. The zero-order valence-corrected chi connectivity index (χ0v) is 21.4. The van der Waals surface area contributed by atoms with Crippen LogP contribution in [-0.4, -0.2) is 68.1 Å². The molecule has 1 saturated heterocycles. The van der Waals surface area contributed by atoms with Crippen molar-refractivity contribution in [3.63, 3.8) is 0 Å². The van der Waals surface area contributed by atoms with Crippen molar-refractivity contribution in [2.24, 2.45) is 5.92 Å². The maximum absolute atomic E-state index is 12.3. The molecule has 1 fully saturated rings. The van der Waals surface area contributed by atoms with Gasteiger partial charge in [0.25, 0.3) is 0 Å². The van der Waals surface area contributed by atoms with Crippen molar-refractivity contribution in [1.29, 1.82) is 0 Å². The highest BCUT2D eigenvalue weighted by molar-refractivity contribution is 8.00. The average molecular weight is 499 g/mol. The third-order valence-corrected chi connectivity index (χ3v) is 8.30. The van der Waals surface area contributed by atoms with Gasteiger partial charge in [0.2, 0.25) is 0 Å². The number of hydrogen-bond acceptors (Lipinski definition) is 8. The maximum atomic E-state index is 12.3. The predicted molar refractivity (Wildman–Crippen MR) is 139 cm³/mol. The van der Waals surface area contributed by atoms with Crippen LogP contribution < -0.4 is 10.1 Å². The highest BCUT2D eigenvalue weighted by atomic mass is 32.2. The molecule has 1 aliphatic heterocycles. The van der Waals surface area contributed by atoms with E-state index >= 15 is 0 Å². The second kappa shape index (κ2) is 10.9. The predicted octanol–water partition coefficient (Wildman–Crippen LogP) is 3.04. The van der Waals surface area contributed by atoms with Gasteiger partial charge in [-0.15, -0.1) is 0 Å². The minimum atomic E-state index is -1.92. The molecular weight excluding hydrogens is 464 g/mol. The molecule has 1 unspecified atom stereocenters. The van der Waals surface area contributed by atoms with Gasteiger partial charge >= 0.3 is 0 Å². The van der Waals surface area contributed by atoms with E-state index in [1.807, 2.05) is 44.2 Å². The van der Waals surface area contributed by atoms with Gasteiger partial charge < -0.3 is 19.7 Å². The fourth-order valence-electron chi connectivity index (χ4n) is 4.43. The number of aliphatic hydroxyl groups excluding tert-OH is 1. The summed E-state index contributed by atoms with van der Waals surface area (Å²) >= 11 is 0. The Bertz CT molecular complexity index is 1240. The molecule has 3 heterocycles. The van der Waals surface area contributed by atoms with Gasteiger partial charge in [0.05, 0.1) is 17.0 Å². The van der Waals surface area contributed by atoms with Crippen LogP contribution in [0.1, 0.15) is 30.0 Å². The summed E-state index contributed by atoms with van der Waals surface area (Å²) in [7, 11) is -0.136. The zero-order chi connectivity index (χ0) is 25.0. The number of nitrogens with one attached hydrogen (secondary N) is 1. The van der Waals surface area contributed by atoms with E-state index in [9.17, 15) is 9.32 Å². The largest absolute Gasteiger partial charge is 0.491 e. The summed E-state index contributed by atoms with van der Waals surface area (Å²) in [5.41, 5.74) is 4.19. The zero-order valence-electron chi connectivity index (χ0n) is 20.6. The van der Waals surface area contributed by atoms with Crippen LogP contribution in [0.25, 0.3) is 22.6 Å². The molecule has 8 nitrogen and oxygen atoms in total. The molecule has 2 N–H and O–H groups in total. The van der Waals surface area contributed by atoms with E-state index < -0.39 is 15.6 Å². The Morgan fingerprint density at radius 1 is 1.26 bits per heavy atom. The first-order valence-electron chi connectivity index (χ1n) is 11.9. The van der Waals surface area contributed by atoms with Crippen LogP contribution in [0.2, 0.25) is 0 Å². The van der Waals surface area contributed by atoms with E-state index in [-0.39, 0.29) is 6.61 Å². The lowest BCUT2D eigenvalue weighted by molar-refractivity contribution is 0.108. The van der Waals surface area contributed by atoms with Gasteiger partial charge in [-0.1, -0.05) is 17.3 Å². The second-order valence-corrected chi connectivity index (χ2v) is 12.1. The SMILES string of the molecule is C=S1(=O)CCC(Cc2cc(-c3c(C)noc3C)nc(-c3cccc(OCC(O)CNC)c3)n2)CC1. The molecule has 0 saturated carbocycles. The minimum absolute atomic E-state index is 0.187. The first kappa shape index (κ1) is 25.3. The molecular formula is C26H34N4O4S. The monoisotopic (exact) mass is 498 g/mol. The molecule has 0 radical (unpaired) electrons. The van der Waals surface area contributed by atoms with Crippen LogP contribution in [0.4, 0.5) is 0 Å². The molecule has 1 aromatic carbocycles. The van der Waals surface area contributed by atoms with Gasteiger partial charge in [-0.25, -0.2) is 9.97 Å². The number of hydrogen-bond donors (Lipinski definition) is 2. The third-order valence-electron chi connectivity index (χ3n) is 6.34. The Labute approximate surface area is 207 Å². The highest BCUT2D eigenvalue weighted by Crippen LogP contribution is 2.31. The number of likely N-dealkylation sites (N-methyl/N-ethyl adjacent to an activating group) is 1. The summed E-state index contributed by atoms with van der Waals surface area (Å²) < 4.78 is 23.5. The van der Waals surface area contributed by atoms with E-state index in [0.717, 1.165) is 47.5 Å². The van der Waals surface area contributed by atoms with Crippen molar-refractivity contribution < 1.29 is 18.6 Å². The van der Waals surface area contributed by atoms with Crippen LogP contribution in [0.5, 0.6) is 5.75 Å². The molecule has 2 aromatic heterocycles. The summed E-state index contributed by atoms with van der Waals surface area (Å²) in [6.07, 6.45) is 1.97. The van der Waals surface area contributed by atoms with Crippen LogP contribution in [0.15, 0.2) is 34.9 Å². The molecule has 1 aliphatic rings. The van der Waals surface area contributed by atoms with Crippen LogP contribution in [0, 0.1) is 19.8 Å². The summed E-state index contributed by atoms with van der Waals surface area (Å²) in [6.45, 7) is 4.43. The standard InChI is InChI=1S/C26H34N4O4S/c1-17-25(18(2)34-30-17)24-14-21(12-19-8-10-35(4,32)11-9-19)28-26(29-24)20-6-5-7-23(13-20)33-16-22(31)15-27-3/h5-7,13-14,19,22,27,31H,4,8-12,15-16H2,1-3H3. The van der Waals surface area contributed by atoms with E-state index in [1.54, 1.807) is 7.05 Å². The van der Waals surface area contributed by atoms with Crippen molar-refractivity contribution in [1.82, 2.24) is 20.4 Å². The van der Waals surface area contributed by atoms with E-state index in [2.05, 4.69) is 16.3 Å². The van der Waals surface area contributed by atoms with E-state index in [4.69, 9.17) is 19.2 Å². The van der Waals surface area contributed by atoms with Gasteiger partial charge in [-0.05, 0) is 79.7 Å². The van der Waals surface area contributed by atoms with Gasteiger partial charge in [-0.2, -0.15) is 0 Å². The van der Waals surface area contributed by atoms with E-state index in [1.165, 1.54) is 0 Å². The summed E-state index contributed by atoms with van der Waals surface area (Å²) in [5.74, 6) is 7.59. The van der Waals surface area contributed by atoms with Crippen LogP contribution >= 0.6 is 0 Å². The number of aromatic nitrogens is 3. The first-order valence-corrected chi connectivity index (χ1v) is 14.0. The number of benzene rings is 1. The van der Waals surface area contributed by atoms with Crippen molar-refractivity contribution in [3.8, 4) is 28.4 Å². The van der Waals surface area contributed by atoms with Crippen molar-refractivity contribution in [3.05, 3.63) is 47.5 Å². The molecule has 3 aromatic rings. The molecule has 0 spiro atoms. The Hall–Kier alpha value is -2.75. The van der Waals surface area contributed by atoms with Gasteiger partial charge in [0.15, 0.2) is 5.82 Å². The lowest BCUT2D eigenvalue weighted by Crippen LogP contribution is -2.29. The number of aliphatic hydroxyl groups is 1.